The fourth-order valence-corrected chi connectivity index (χ4v) is 2.64. The minimum Gasteiger partial charge on any atom is -0.381 e. The van der Waals surface area contributed by atoms with Gasteiger partial charge in [-0.1, -0.05) is 13.8 Å². The molecule has 19 heavy (non-hydrogen) atoms. The fourth-order valence-electron chi connectivity index (χ4n) is 2.64. The van der Waals surface area contributed by atoms with Crippen LogP contribution in [-0.2, 0) is 4.74 Å². The Balaban J connectivity index is 2.32. The molecule has 5 nitrogen and oxygen atoms in total. The van der Waals surface area contributed by atoms with Gasteiger partial charge in [0.25, 0.3) is 0 Å². The van der Waals surface area contributed by atoms with Crippen LogP contribution in [0.15, 0.2) is 6.33 Å². The van der Waals surface area contributed by atoms with Crippen molar-refractivity contribution in [1.82, 2.24) is 9.97 Å². The molecule has 0 unspecified atom stereocenters. The van der Waals surface area contributed by atoms with E-state index in [0.29, 0.717) is 12.0 Å². The van der Waals surface area contributed by atoms with Crippen LogP contribution in [0.3, 0.4) is 0 Å². The van der Waals surface area contributed by atoms with Gasteiger partial charge in [0.1, 0.15) is 18.0 Å². The topological polar surface area (TPSA) is 50.3 Å². The van der Waals surface area contributed by atoms with Crippen molar-refractivity contribution in [2.75, 3.05) is 37.5 Å². The van der Waals surface area contributed by atoms with Gasteiger partial charge < -0.3 is 15.0 Å². The molecule has 0 bridgehead atoms. The minimum absolute atomic E-state index is 0.390. The summed E-state index contributed by atoms with van der Waals surface area (Å²) in [5.74, 6) is 2.36. The van der Waals surface area contributed by atoms with Gasteiger partial charge in [-0.2, -0.15) is 0 Å². The quantitative estimate of drug-likeness (QED) is 0.904. The van der Waals surface area contributed by atoms with E-state index in [1.807, 2.05) is 7.05 Å². The lowest BCUT2D eigenvalue weighted by Crippen LogP contribution is -2.38. The Kier molecular flexibility index (Phi) is 4.58. The fraction of sp³-hybridized carbons (Fsp3) is 0.714. The summed E-state index contributed by atoms with van der Waals surface area (Å²) in [4.78, 5) is 11.1. The molecule has 0 radical (unpaired) electrons. The first kappa shape index (κ1) is 14.1. The van der Waals surface area contributed by atoms with Gasteiger partial charge in [0.05, 0.1) is 0 Å². The Morgan fingerprint density at radius 1 is 1.32 bits per heavy atom. The molecule has 5 heteroatoms. The lowest BCUT2D eigenvalue weighted by molar-refractivity contribution is 0.0853. The molecule has 1 fully saturated rings. The molecule has 1 saturated heterocycles. The lowest BCUT2D eigenvalue weighted by Gasteiger charge is -2.34. The van der Waals surface area contributed by atoms with Crippen LogP contribution in [0.25, 0.3) is 0 Å². The second-order valence-electron chi connectivity index (χ2n) is 5.32. The highest BCUT2D eigenvalue weighted by atomic mass is 16.5. The van der Waals surface area contributed by atoms with Crippen LogP contribution in [0.4, 0.5) is 11.6 Å². The Labute approximate surface area is 115 Å². The first-order chi connectivity index (χ1) is 9.15. The molecule has 0 spiro atoms. The average molecular weight is 264 g/mol. The van der Waals surface area contributed by atoms with Gasteiger partial charge in [-0.15, -0.1) is 0 Å². The molecule has 0 aliphatic carbocycles. The average Bonchev–Trinajstić information content (AvgIpc) is 2.46. The monoisotopic (exact) mass is 264 g/mol. The Morgan fingerprint density at radius 3 is 2.58 bits per heavy atom. The van der Waals surface area contributed by atoms with E-state index in [9.17, 15) is 0 Å². The minimum atomic E-state index is 0.390. The third kappa shape index (κ3) is 2.97. The third-order valence-electron chi connectivity index (χ3n) is 3.75. The summed E-state index contributed by atoms with van der Waals surface area (Å²) in [6.45, 7) is 6.05. The van der Waals surface area contributed by atoms with Crippen molar-refractivity contribution in [3.8, 4) is 0 Å². The molecule has 0 aromatic carbocycles. The summed E-state index contributed by atoms with van der Waals surface area (Å²) in [5, 5.41) is 3.17. The van der Waals surface area contributed by atoms with Crippen LogP contribution in [-0.4, -0.2) is 43.3 Å². The zero-order valence-electron chi connectivity index (χ0n) is 12.3. The molecular formula is C14H24N4O. The van der Waals surface area contributed by atoms with E-state index < -0.39 is 0 Å². The van der Waals surface area contributed by atoms with Gasteiger partial charge in [-0.05, 0) is 18.8 Å². The second-order valence-corrected chi connectivity index (χ2v) is 5.32. The number of hydrogen-bond donors (Lipinski definition) is 1. The van der Waals surface area contributed by atoms with Crippen LogP contribution < -0.4 is 10.2 Å². The highest BCUT2D eigenvalue weighted by molar-refractivity contribution is 5.60. The van der Waals surface area contributed by atoms with Crippen LogP contribution in [0.2, 0.25) is 0 Å². The van der Waals surface area contributed by atoms with Crippen LogP contribution >= 0.6 is 0 Å². The molecule has 106 valence electrons. The number of anilines is 2. The van der Waals surface area contributed by atoms with E-state index >= 15 is 0 Å². The highest BCUT2D eigenvalue weighted by Crippen LogP contribution is 2.32. The van der Waals surface area contributed by atoms with Crippen molar-refractivity contribution in [3.05, 3.63) is 11.9 Å². The summed E-state index contributed by atoms with van der Waals surface area (Å²) in [5.41, 5.74) is 1.19. The highest BCUT2D eigenvalue weighted by Gasteiger charge is 2.24. The van der Waals surface area contributed by atoms with Crippen molar-refractivity contribution in [2.45, 2.75) is 38.6 Å². The molecule has 0 atom stereocenters. The Morgan fingerprint density at radius 2 is 2.00 bits per heavy atom. The summed E-state index contributed by atoms with van der Waals surface area (Å²) < 4.78 is 5.44. The number of ether oxygens (including phenoxy) is 1. The molecule has 0 saturated carbocycles. The van der Waals surface area contributed by atoms with Crippen molar-refractivity contribution in [2.24, 2.45) is 0 Å². The maximum atomic E-state index is 5.44. The first-order valence-corrected chi connectivity index (χ1v) is 6.98. The zero-order valence-corrected chi connectivity index (χ0v) is 12.3. The number of aromatic nitrogens is 2. The van der Waals surface area contributed by atoms with Gasteiger partial charge in [0, 0.05) is 38.9 Å². The molecule has 1 aromatic heterocycles. The molecule has 2 rings (SSSR count). The maximum absolute atomic E-state index is 5.44. The van der Waals surface area contributed by atoms with Crippen LogP contribution in [0, 0.1) is 0 Å². The molecule has 0 amide bonds. The van der Waals surface area contributed by atoms with E-state index in [1.54, 1.807) is 6.33 Å². The third-order valence-corrected chi connectivity index (χ3v) is 3.75. The standard InChI is InChI=1S/C14H24N4O/c1-10(2)12-13(15-3)16-9-17-14(12)18(4)11-5-7-19-8-6-11/h9-11H,5-8H2,1-4H3,(H,15,16,17). The van der Waals surface area contributed by atoms with Gasteiger partial charge in [0.15, 0.2) is 0 Å². The Hall–Kier alpha value is -1.36. The van der Waals surface area contributed by atoms with Crippen LogP contribution in [0.1, 0.15) is 38.2 Å². The lowest BCUT2D eigenvalue weighted by atomic mass is 10.0. The van der Waals surface area contributed by atoms with Gasteiger partial charge in [-0.3, -0.25) is 0 Å². The predicted octanol–water partition coefficient (Wildman–Crippen LogP) is 2.26. The summed E-state index contributed by atoms with van der Waals surface area (Å²) in [6.07, 6.45) is 3.77. The molecule has 2 heterocycles. The van der Waals surface area contributed by atoms with E-state index in [1.165, 1.54) is 5.56 Å². The molecule has 1 aromatic rings. The summed E-state index contributed by atoms with van der Waals surface area (Å²) in [7, 11) is 4.04. The van der Waals surface area contributed by atoms with Gasteiger partial charge in [0.2, 0.25) is 0 Å². The van der Waals surface area contributed by atoms with E-state index in [4.69, 9.17) is 4.74 Å². The molecule has 1 N–H and O–H groups in total. The van der Waals surface area contributed by atoms with Crippen molar-refractivity contribution >= 4 is 11.6 Å². The van der Waals surface area contributed by atoms with E-state index in [2.05, 4.69) is 41.1 Å². The predicted molar refractivity (Wildman–Crippen MR) is 77.9 cm³/mol. The van der Waals surface area contributed by atoms with Crippen molar-refractivity contribution in [1.29, 1.82) is 0 Å². The first-order valence-electron chi connectivity index (χ1n) is 6.98. The number of hydrogen-bond acceptors (Lipinski definition) is 5. The Bertz CT molecular complexity index is 416. The molecular weight excluding hydrogens is 240 g/mol. The van der Waals surface area contributed by atoms with E-state index in [-0.39, 0.29) is 0 Å². The number of nitrogens with zero attached hydrogens (tertiary/aromatic N) is 3. The van der Waals surface area contributed by atoms with Gasteiger partial charge in [-0.25, -0.2) is 9.97 Å². The normalized spacial score (nSPS) is 16.7. The summed E-state index contributed by atoms with van der Waals surface area (Å²) in [6, 6.07) is 0.505. The smallest absolute Gasteiger partial charge is 0.137 e. The number of nitrogens with one attached hydrogen (secondary N) is 1. The zero-order chi connectivity index (χ0) is 13.8. The largest absolute Gasteiger partial charge is 0.381 e. The van der Waals surface area contributed by atoms with Gasteiger partial charge >= 0.3 is 0 Å². The van der Waals surface area contributed by atoms with Crippen molar-refractivity contribution in [3.63, 3.8) is 0 Å². The maximum Gasteiger partial charge on any atom is 0.137 e. The molecule has 1 aliphatic heterocycles. The number of rotatable bonds is 4. The SMILES string of the molecule is CNc1ncnc(N(C)C2CCOCC2)c1C(C)C. The summed E-state index contributed by atoms with van der Waals surface area (Å²) >= 11 is 0. The van der Waals surface area contributed by atoms with Crippen molar-refractivity contribution < 1.29 is 4.74 Å². The molecule has 1 aliphatic rings. The van der Waals surface area contributed by atoms with Crippen LogP contribution in [0.5, 0.6) is 0 Å². The van der Waals surface area contributed by atoms with E-state index in [0.717, 1.165) is 37.7 Å². The second kappa shape index (κ2) is 6.19.